The molecular weight excluding hydrogens is 252 g/mol. The van der Waals surface area contributed by atoms with E-state index in [0.29, 0.717) is 13.1 Å². The van der Waals surface area contributed by atoms with E-state index in [9.17, 15) is 9.59 Å². The Morgan fingerprint density at radius 3 is 2.58 bits per heavy atom. The lowest BCUT2D eigenvalue weighted by Gasteiger charge is -2.35. The van der Waals surface area contributed by atoms with E-state index in [1.807, 2.05) is 13.8 Å². The Morgan fingerprint density at radius 2 is 2.05 bits per heavy atom. The second-order valence-corrected chi connectivity index (χ2v) is 4.66. The van der Waals surface area contributed by atoms with Crippen LogP contribution in [-0.4, -0.2) is 62.2 Å². The Bertz CT molecular complexity index is 477. The highest BCUT2D eigenvalue weighted by atomic mass is 16.5. The third kappa shape index (κ3) is 3.28. The van der Waals surface area contributed by atoms with Gasteiger partial charge in [0.2, 0.25) is 5.91 Å². The van der Waals surface area contributed by atoms with Crippen LogP contribution in [-0.2, 0) is 16.1 Å². The molecule has 2 unspecified atom stereocenters. The normalized spacial score (nSPS) is 23.4. The monoisotopic (exact) mass is 268 g/mol. The summed E-state index contributed by atoms with van der Waals surface area (Å²) in [5.74, 6) is -1.28. The predicted molar refractivity (Wildman–Crippen MR) is 63.6 cm³/mol. The maximum Gasteiger partial charge on any atom is 0.358 e. The molecule has 19 heavy (non-hydrogen) atoms. The average Bonchev–Trinajstić information content (AvgIpc) is 2.76. The topological polar surface area (TPSA) is 97.6 Å². The lowest BCUT2D eigenvalue weighted by molar-refractivity contribution is -0.144. The van der Waals surface area contributed by atoms with Crippen LogP contribution in [0, 0.1) is 0 Å². The largest absolute Gasteiger partial charge is 0.476 e. The summed E-state index contributed by atoms with van der Waals surface area (Å²) >= 11 is 0. The van der Waals surface area contributed by atoms with E-state index in [2.05, 4.69) is 10.3 Å². The zero-order valence-electron chi connectivity index (χ0n) is 10.8. The first-order valence-corrected chi connectivity index (χ1v) is 6.02. The number of hydrogen-bond acceptors (Lipinski definition) is 5. The summed E-state index contributed by atoms with van der Waals surface area (Å²) in [6.07, 6.45) is 1.24. The Balaban J connectivity index is 1.98. The molecule has 1 amide bonds. The molecule has 0 spiro atoms. The van der Waals surface area contributed by atoms with Gasteiger partial charge < -0.3 is 14.7 Å². The van der Waals surface area contributed by atoms with Crippen molar-refractivity contribution < 1.29 is 19.4 Å². The maximum absolute atomic E-state index is 12.1. The quantitative estimate of drug-likeness (QED) is 0.802. The molecule has 0 saturated carbocycles. The number of aromatic carboxylic acids is 1. The average molecular weight is 268 g/mol. The number of carboxylic acid groups (broad SMARTS) is 1. The summed E-state index contributed by atoms with van der Waals surface area (Å²) in [6.45, 7) is 4.87. The highest BCUT2D eigenvalue weighted by Gasteiger charge is 2.26. The molecule has 1 aromatic rings. The fraction of sp³-hybridized carbons (Fsp3) is 0.636. The van der Waals surface area contributed by atoms with E-state index in [0.717, 1.165) is 0 Å². The Morgan fingerprint density at radius 1 is 1.42 bits per heavy atom. The standard InChI is InChI=1S/C11H16N4O4/c1-7-3-14(4-8(2)19-7)10(16)6-15-5-9(11(17)18)12-13-15/h5,7-8H,3-4,6H2,1-2H3,(H,17,18). The van der Waals surface area contributed by atoms with Gasteiger partial charge in [-0.15, -0.1) is 5.10 Å². The molecule has 2 heterocycles. The third-order valence-corrected chi connectivity index (χ3v) is 2.83. The van der Waals surface area contributed by atoms with Gasteiger partial charge >= 0.3 is 5.97 Å². The molecule has 8 heteroatoms. The minimum atomic E-state index is -1.16. The van der Waals surface area contributed by atoms with Crippen LogP contribution in [0.4, 0.5) is 0 Å². The summed E-state index contributed by atoms with van der Waals surface area (Å²) in [6, 6.07) is 0. The first kappa shape index (κ1) is 13.5. The van der Waals surface area contributed by atoms with E-state index >= 15 is 0 Å². The van der Waals surface area contributed by atoms with Crippen LogP contribution in [0.25, 0.3) is 0 Å². The van der Waals surface area contributed by atoms with Gasteiger partial charge in [0.15, 0.2) is 5.69 Å². The molecule has 1 aliphatic rings. The van der Waals surface area contributed by atoms with Gasteiger partial charge in [0, 0.05) is 13.1 Å². The molecular formula is C11H16N4O4. The molecule has 0 aromatic carbocycles. The van der Waals surface area contributed by atoms with Crippen LogP contribution in [0.15, 0.2) is 6.20 Å². The van der Waals surface area contributed by atoms with Crippen LogP contribution in [0.2, 0.25) is 0 Å². The van der Waals surface area contributed by atoms with Crippen molar-refractivity contribution in [2.75, 3.05) is 13.1 Å². The zero-order chi connectivity index (χ0) is 14.0. The van der Waals surface area contributed by atoms with Crippen molar-refractivity contribution in [3.05, 3.63) is 11.9 Å². The van der Waals surface area contributed by atoms with Gasteiger partial charge in [-0.1, -0.05) is 5.21 Å². The summed E-state index contributed by atoms with van der Waals surface area (Å²) in [5.41, 5.74) is -0.170. The van der Waals surface area contributed by atoms with E-state index in [4.69, 9.17) is 9.84 Å². The van der Waals surface area contributed by atoms with Crippen LogP contribution in [0.3, 0.4) is 0 Å². The number of nitrogens with zero attached hydrogens (tertiary/aromatic N) is 4. The van der Waals surface area contributed by atoms with Gasteiger partial charge in [-0.3, -0.25) is 4.79 Å². The van der Waals surface area contributed by atoms with Crippen LogP contribution in [0.5, 0.6) is 0 Å². The molecule has 0 radical (unpaired) electrons. The van der Waals surface area contributed by atoms with Crippen molar-refractivity contribution >= 4 is 11.9 Å². The lowest BCUT2D eigenvalue weighted by Crippen LogP contribution is -2.49. The second-order valence-electron chi connectivity index (χ2n) is 4.66. The predicted octanol–water partition coefficient (Wildman–Crippen LogP) is -0.388. The molecule has 8 nitrogen and oxygen atoms in total. The fourth-order valence-electron chi connectivity index (χ4n) is 2.09. The summed E-state index contributed by atoms with van der Waals surface area (Å²) in [4.78, 5) is 24.4. The minimum Gasteiger partial charge on any atom is -0.476 e. The van der Waals surface area contributed by atoms with Gasteiger partial charge in [0.25, 0.3) is 0 Å². The molecule has 0 bridgehead atoms. The Hall–Kier alpha value is -1.96. The summed E-state index contributed by atoms with van der Waals surface area (Å²) < 4.78 is 6.78. The highest BCUT2D eigenvalue weighted by molar-refractivity contribution is 5.84. The molecule has 0 aliphatic carbocycles. The minimum absolute atomic E-state index is 0.00183. The number of hydrogen-bond donors (Lipinski definition) is 1. The number of carboxylic acids is 1. The summed E-state index contributed by atoms with van der Waals surface area (Å²) in [7, 11) is 0. The maximum atomic E-state index is 12.1. The van der Waals surface area contributed by atoms with E-state index in [1.165, 1.54) is 10.9 Å². The Kier molecular flexibility index (Phi) is 3.79. The van der Waals surface area contributed by atoms with Gasteiger partial charge in [0.05, 0.1) is 18.4 Å². The number of aromatic nitrogens is 3. The first-order valence-electron chi connectivity index (χ1n) is 6.02. The van der Waals surface area contributed by atoms with Crippen molar-refractivity contribution in [3.8, 4) is 0 Å². The number of ether oxygens (including phenoxy) is 1. The van der Waals surface area contributed by atoms with E-state index in [1.54, 1.807) is 4.90 Å². The zero-order valence-corrected chi connectivity index (χ0v) is 10.8. The molecule has 1 saturated heterocycles. The van der Waals surface area contributed by atoms with Crippen LogP contribution < -0.4 is 0 Å². The van der Waals surface area contributed by atoms with Gasteiger partial charge in [-0.2, -0.15) is 0 Å². The van der Waals surface area contributed by atoms with Crippen molar-refractivity contribution in [1.82, 2.24) is 19.9 Å². The van der Waals surface area contributed by atoms with Gasteiger partial charge in [-0.05, 0) is 13.8 Å². The van der Waals surface area contributed by atoms with E-state index in [-0.39, 0.29) is 30.4 Å². The third-order valence-electron chi connectivity index (χ3n) is 2.83. The lowest BCUT2D eigenvalue weighted by atomic mass is 10.2. The SMILES string of the molecule is CC1CN(C(=O)Cn2cc(C(=O)O)nn2)CC(C)O1. The van der Waals surface area contributed by atoms with Crippen molar-refractivity contribution in [2.45, 2.75) is 32.6 Å². The Labute approximate surface area is 109 Å². The van der Waals surface area contributed by atoms with Gasteiger partial charge in [-0.25, -0.2) is 9.48 Å². The number of rotatable bonds is 3. The highest BCUT2D eigenvalue weighted by Crippen LogP contribution is 2.11. The molecule has 1 aromatic heterocycles. The number of amides is 1. The molecule has 2 atom stereocenters. The fourth-order valence-corrected chi connectivity index (χ4v) is 2.09. The molecule has 1 fully saturated rings. The molecule has 1 aliphatic heterocycles. The van der Waals surface area contributed by atoms with Crippen molar-refractivity contribution in [2.24, 2.45) is 0 Å². The van der Waals surface area contributed by atoms with Crippen molar-refractivity contribution in [3.63, 3.8) is 0 Å². The van der Waals surface area contributed by atoms with E-state index < -0.39 is 5.97 Å². The number of carbonyl (C=O) groups excluding carboxylic acids is 1. The molecule has 104 valence electrons. The van der Waals surface area contributed by atoms with Crippen molar-refractivity contribution in [1.29, 1.82) is 0 Å². The molecule has 2 rings (SSSR count). The smallest absolute Gasteiger partial charge is 0.358 e. The van der Waals surface area contributed by atoms with Gasteiger partial charge in [0.1, 0.15) is 6.54 Å². The second kappa shape index (κ2) is 5.35. The van der Waals surface area contributed by atoms with Crippen LogP contribution in [0.1, 0.15) is 24.3 Å². The number of carbonyl (C=O) groups is 2. The number of morpholine rings is 1. The molecule has 1 N–H and O–H groups in total. The van der Waals surface area contributed by atoms with Crippen LogP contribution >= 0.6 is 0 Å². The summed E-state index contributed by atoms with van der Waals surface area (Å²) in [5, 5.41) is 15.8. The first-order chi connectivity index (χ1) is 8.95.